The highest BCUT2D eigenvalue weighted by Crippen LogP contribution is 2.41. The van der Waals surface area contributed by atoms with Crippen LogP contribution in [0, 0.1) is 0 Å². The van der Waals surface area contributed by atoms with E-state index in [2.05, 4.69) is 205 Å². The number of rotatable bonds is 6. The van der Waals surface area contributed by atoms with Gasteiger partial charge in [0.05, 0.1) is 0 Å². The predicted octanol–water partition coefficient (Wildman–Crippen LogP) is 14.8. The largest absolute Gasteiger partial charge is 0.310 e. The molecule has 0 bridgehead atoms. The van der Waals surface area contributed by atoms with Gasteiger partial charge in [0.2, 0.25) is 0 Å². The van der Waals surface area contributed by atoms with Crippen LogP contribution in [0.5, 0.6) is 0 Å². The first-order valence-corrected chi connectivity index (χ1v) is 18.6. The molecule has 0 aliphatic heterocycles. The van der Waals surface area contributed by atoms with Crippen molar-refractivity contribution in [1.82, 2.24) is 0 Å². The fourth-order valence-corrected chi connectivity index (χ4v) is 8.80. The SMILES string of the molecule is c1cc(-c2ccc3sc4ccccc4c3c2)cc(N(c2ccc(-c3cccc4ccccc34)cc2)c2ccc(-c3cccc4ccccc34)cc2)c1. The Balaban J connectivity index is 1.08. The first kappa shape index (κ1) is 30.4. The number of nitrogens with zero attached hydrogens (tertiary/aromatic N) is 1. The molecule has 0 fully saturated rings. The fourth-order valence-electron chi connectivity index (χ4n) is 7.71. The summed E-state index contributed by atoms with van der Waals surface area (Å²) in [6, 6.07) is 73.0. The summed E-state index contributed by atoms with van der Waals surface area (Å²) in [5, 5.41) is 7.67. The maximum atomic E-state index is 2.38. The molecule has 0 N–H and O–H groups in total. The van der Waals surface area contributed by atoms with E-state index >= 15 is 0 Å². The maximum Gasteiger partial charge on any atom is 0.0467 e. The van der Waals surface area contributed by atoms with Crippen LogP contribution >= 0.6 is 11.3 Å². The lowest BCUT2D eigenvalue weighted by molar-refractivity contribution is 1.28. The summed E-state index contributed by atoms with van der Waals surface area (Å²) < 4.78 is 2.65. The summed E-state index contributed by atoms with van der Waals surface area (Å²) in [4.78, 5) is 2.38. The maximum absolute atomic E-state index is 2.38. The second-order valence-corrected chi connectivity index (χ2v) is 14.4. The van der Waals surface area contributed by atoms with Gasteiger partial charge in [-0.2, -0.15) is 0 Å². The number of hydrogen-bond acceptors (Lipinski definition) is 2. The fraction of sp³-hybridized carbons (Fsp3) is 0. The summed E-state index contributed by atoms with van der Waals surface area (Å²) in [7, 11) is 0. The van der Waals surface area contributed by atoms with E-state index in [0.29, 0.717) is 0 Å². The second kappa shape index (κ2) is 12.7. The summed E-state index contributed by atoms with van der Waals surface area (Å²) in [6.07, 6.45) is 0. The van der Waals surface area contributed by atoms with Crippen molar-refractivity contribution in [3.8, 4) is 33.4 Å². The molecule has 0 amide bonds. The predicted molar refractivity (Wildman–Crippen MR) is 225 cm³/mol. The standard InChI is InChI=1S/C50H33NS/c1-3-16-43-34(10-1)12-8-19-45(43)36-22-27-40(28-23-36)51(41-29-24-37(25-30-41)46-20-9-13-35-11-2-4-17-44(35)46)42-15-7-14-38(32-42)39-26-31-50-48(33-39)47-18-5-6-21-49(47)52-50/h1-33H. The Bertz CT molecular complexity index is 2770. The Morgan fingerprint density at radius 1 is 0.288 bits per heavy atom. The molecule has 52 heavy (non-hydrogen) atoms. The molecule has 0 aliphatic carbocycles. The first-order chi connectivity index (χ1) is 25.8. The molecule has 0 saturated heterocycles. The lowest BCUT2D eigenvalue weighted by atomic mass is 9.97. The van der Waals surface area contributed by atoms with Gasteiger partial charge in [-0.05, 0) is 110 Å². The first-order valence-electron chi connectivity index (χ1n) is 17.8. The number of fused-ring (bicyclic) bond motifs is 5. The van der Waals surface area contributed by atoms with Crippen molar-refractivity contribution in [2.45, 2.75) is 0 Å². The van der Waals surface area contributed by atoms with Crippen molar-refractivity contribution >= 4 is 70.1 Å². The van der Waals surface area contributed by atoms with Gasteiger partial charge in [0.25, 0.3) is 0 Å². The molecule has 9 aromatic carbocycles. The van der Waals surface area contributed by atoms with Gasteiger partial charge in [0.1, 0.15) is 0 Å². The van der Waals surface area contributed by atoms with Crippen molar-refractivity contribution in [3.05, 3.63) is 200 Å². The Labute approximate surface area is 307 Å². The third kappa shape index (κ3) is 5.33. The lowest BCUT2D eigenvalue weighted by Crippen LogP contribution is -2.10. The van der Waals surface area contributed by atoms with Crippen LogP contribution in [-0.4, -0.2) is 0 Å². The number of anilines is 3. The third-order valence-corrected chi connectivity index (χ3v) is 11.4. The van der Waals surface area contributed by atoms with Gasteiger partial charge in [-0.25, -0.2) is 0 Å². The van der Waals surface area contributed by atoms with E-state index < -0.39 is 0 Å². The highest BCUT2D eigenvalue weighted by molar-refractivity contribution is 7.25. The summed E-state index contributed by atoms with van der Waals surface area (Å²) in [5.41, 5.74) is 10.6. The molecule has 10 aromatic rings. The zero-order valence-electron chi connectivity index (χ0n) is 28.4. The van der Waals surface area contributed by atoms with Gasteiger partial charge in [-0.15, -0.1) is 11.3 Å². The molecule has 1 nitrogen and oxygen atoms in total. The van der Waals surface area contributed by atoms with Crippen molar-refractivity contribution in [2.75, 3.05) is 4.90 Å². The monoisotopic (exact) mass is 679 g/mol. The number of benzene rings is 9. The van der Waals surface area contributed by atoms with Crippen LogP contribution in [0.25, 0.3) is 75.1 Å². The molecule has 0 spiro atoms. The quantitative estimate of drug-likeness (QED) is 0.169. The molecular formula is C50H33NS. The number of hydrogen-bond donors (Lipinski definition) is 0. The Morgan fingerprint density at radius 2 is 0.769 bits per heavy atom. The van der Waals surface area contributed by atoms with E-state index in [9.17, 15) is 0 Å². The van der Waals surface area contributed by atoms with E-state index in [1.54, 1.807) is 0 Å². The van der Waals surface area contributed by atoms with Crippen LogP contribution < -0.4 is 4.90 Å². The highest BCUT2D eigenvalue weighted by atomic mass is 32.1. The summed E-state index contributed by atoms with van der Waals surface area (Å²) >= 11 is 1.86. The molecular weight excluding hydrogens is 647 g/mol. The van der Waals surface area contributed by atoms with Gasteiger partial charge in [-0.1, -0.05) is 146 Å². The Morgan fingerprint density at radius 3 is 1.40 bits per heavy atom. The van der Waals surface area contributed by atoms with Crippen molar-refractivity contribution in [3.63, 3.8) is 0 Å². The number of thiophene rings is 1. The zero-order chi connectivity index (χ0) is 34.4. The topological polar surface area (TPSA) is 3.24 Å². The lowest BCUT2D eigenvalue weighted by Gasteiger charge is -2.26. The minimum absolute atomic E-state index is 1.11. The molecule has 0 radical (unpaired) electrons. The third-order valence-electron chi connectivity index (χ3n) is 10.3. The van der Waals surface area contributed by atoms with Crippen LogP contribution in [-0.2, 0) is 0 Å². The average Bonchev–Trinajstić information content (AvgIpc) is 3.59. The van der Waals surface area contributed by atoms with E-state index in [4.69, 9.17) is 0 Å². The van der Waals surface area contributed by atoms with Crippen LogP contribution in [0.3, 0.4) is 0 Å². The molecule has 1 heterocycles. The normalized spacial score (nSPS) is 11.5. The molecule has 2 heteroatoms. The smallest absolute Gasteiger partial charge is 0.0467 e. The van der Waals surface area contributed by atoms with Gasteiger partial charge in [0, 0.05) is 37.2 Å². The molecule has 0 atom stereocenters. The molecule has 10 rings (SSSR count). The van der Waals surface area contributed by atoms with E-state index in [0.717, 1.165) is 17.1 Å². The van der Waals surface area contributed by atoms with Crippen LogP contribution in [0.2, 0.25) is 0 Å². The van der Waals surface area contributed by atoms with Crippen molar-refractivity contribution in [1.29, 1.82) is 0 Å². The molecule has 244 valence electrons. The molecule has 1 aromatic heterocycles. The second-order valence-electron chi connectivity index (χ2n) is 13.3. The van der Waals surface area contributed by atoms with Crippen LogP contribution in [0.15, 0.2) is 200 Å². The van der Waals surface area contributed by atoms with Crippen LogP contribution in [0.4, 0.5) is 17.1 Å². The molecule has 0 unspecified atom stereocenters. The van der Waals surface area contributed by atoms with E-state index in [-0.39, 0.29) is 0 Å². The zero-order valence-corrected chi connectivity index (χ0v) is 29.2. The van der Waals surface area contributed by atoms with Gasteiger partial charge in [-0.3, -0.25) is 0 Å². The van der Waals surface area contributed by atoms with Crippen molar-refractivity contribution < 1.29 is 0 Å². The Hall–Kier alpha value is -6.48. The molecule has 0 aliphatic rings. The van der Waals surface area contributed by atoms with Crippen LogP contribution in [0.1, 0.15) is 0 Å². The van der Waals surface area contributed by atoms with Gasteiger partial charge in [0.15, 0.2) is 0 Å². The van der Waals surface area contributed by atoms with E-state index in [1.807, 2.05) is 11.3 Å². The summed E-state index contributed by atoms with van der Waals surface area (Å²) in [6.45, 7) is 0. The summed E-state index contributed by atoms with van der Waals surface area (Å²) in [5.74, 6) is 0. The van der Waals surface area contributed by atoms with E-state index in [1.165, 1.54) is 75.1 Å². The minimum Gasteiger partial charge on any atom is -0.310 e. The average molecular weight is 680 g/mol. The van der Waals surface area contributed by atoms with Gasteiger partial charge >= 0.3 is 0 Å². The highest BCUT2D eigenvalue weighted by Gasteiger charge is 2.16. The minimum atomic E-state index is 1.11. The Kier molecular flexibility index (Phi) is 7.41. The van der Waals surface area contributed by atoms with Crippen molar-refractivity contribution in [2.24, 2.45) is 0 Å². The van der Waals surface area contributed by atoms with Gasteiger partial charge < -0.3 is 4.90 Å². The molecule has 0 saturated carbocycles.